The van der Waals surface area contributed by atoms with Crippen molar-refractivity contribution in [2.45, 2.75) is 10.5 Å². The Bertz CT molecular complexity index is 393. The van der Waals surface area contributed by atoms with Crippen LogP contribution in [0, 0.1) is 0 Å². The van der Waals surface area contributed by atoms with Crippen LogP contribution in [0.5, 0.6) is 0 Å². The van der Waals surface area contributed by atoms with Crippen molar-refractivity contribution >= 4 is 31.6 Å². The van der Waals surface area contributed by atoms with Gasteiger partial charge in [0, 0.05) is 0 Å². The van der Waals surface area contributed by atoms with Crippen LogP contribution in [0.3, 0.4) is 0 Å². The molecule has 14 heavy (non-hydrogen) atoms. The second kappa shape index (κ2) is 3.94. The second-order valence-electron chi connectivity index (χ2n) is 3.49. The van der Waals surface area contributed by atoms with Gasteiger partial charge in [-0.2, -0.15) is 0 Å². The van der Waals surface area contributed by atoms with Crippen LogP contribution in [0.2, 0.25) is 0 Å². The molecule has 1 atom stereocenters. The third-order valence-corrected chi connectivity index (χ3v) is 9.84. The Balaban J connectivity index is 2.52. The molecule has 1 aliphatic carbocycles. The van der Waals surface area contributed by atoms with Crippen LogP contribution in [0.4, 0.5) is 0 Å². The molecule has 0 heterocycles. The van der Waals surface area contributed by atoms with Crippen LogP contribution in [0.25, 0.3) is 6.08 Å². The van der Waals surface area contributed by atoms with E-state index in [0.717, 1.165) is 0 Å². The molecule has 0 fully saturated rings. The van der Waals surface area contributed by atoms with Gasteiger partial charge in [0.1, 0.15) is 0 Å². The summed E-state index contributed by atoms with van der Waals surface area (Å²) >= 11 is -3.42. The predicted molar refractivity (Wildman–Crippen MR) is 60.4 cm³/mol. The fourth-order valence-corrected chi connectivity index (χ4v) is 10.0. The van der Waals surface area contributed by atoms with E-state index in [4.69, 9.17) is 25.5 Å². The zero-order valence-electron chi connectivity index (χ0n) is 7.60. The van der Waals surface area contributed by atoms with Gasteiger partial charge in [-0.15, -0.1) is 0 Å². The van der Waals surface area contributed by atoms with Crippen molar-refractivity contribution in [3.63, 3.8) is 0 Å². The van der Waals surface area contributed by atoms with Gasteiger partial charge in [-0.3, -0.25) is 0 Å². The van der Waals surface area contributed by atoms with Crippen molar-refractivity contribution < 1.29 is 16.7 Å². The third kappa shape index (κ3) is 1.98. The van der Waals surface area contributed by atoms with Crippen LogP contribution in [0.15, 0.2) is 29.8 Å². The maximum atomic E-state index is 6.16. The van der Waals surface area contributed by atoms with E-state index in [-0.39, 0.29) is 3.63 Å². The Morgan fingerprint density at radius 1 is 1.14 bits per heavy atom. The zero-order valence-corrected chi connectivity index (χ0v) is 12.3. The molecule has 1 aromatic carbocycles. The van der Waals surface area contributed by atoms with Gasteiger partial charge in [-0.25, -0.2) is 0 Å². The summed E-state index contributed by atoms with van der Waals surface area (Å²) in [7, 11) is 18.5. The van der Waals surface area contributed by atoms with Crippen molar-refractivity contribution in [3.05, 3.63) is 41.0 Å². The summed E-state index contributed by atoms with van der Waals surface area (Å²) in [5.74, 6) is 0. The summed E-state index contributed by atoms with van der Waals surface area (Å²) in [6.45, 7) is 2.05. The van der Waals surface area contributed by atoms with Crippen LogP contribution in [-0.4, -0.2) is 0 Å². The van der Waals surface area contributed by atoms with E-state index >= 15 is 0 Å². The van der Waals surface area contributed by atoms with E-state index in [9.17, 15) is 0 Å². The number of hydrogen-bond acceptors (Lipinski definition) is 0. The van der Waals surface area contributed by atoms with Crippen LogP contribution < -0.4 is 0 Å². The van der Waals surface area contributed by atoms with Gasteiger partial charge in [-0.1, -0.05) is 0 Å². The van der Waals surface area contributed by atoms with Gasteiger partial charge >= 0.3 is 99.8 Å². The molecule has 0 radical (unpaired) electrons. The van der Waals surface area contributed by atoms with E-state index in [2.05, 4.69) is 18.2 Å². The van der Waals surface area contributed by atoms with Crippen molar-refractivity contribution in [2.75, 3.05) is 0 Å². The van der Waals surface area contributed by atoms with E-state index < -0.39 is 16.7 Å². The Morgan fingerprint density at radius 3 is 2.43 bits per heavy atom. The van der Waals surface area contributed by atoms with Gasteiger partial charge in [0.25, 0.3) is 0 Å². The molecule has 74 valence electrons. The van der Waals surface area contributed by atoms with Crippen molar-refractivity contribution in [3.8, 4) is 0 Å². The minimum absolute atomic E-state index is 0.102. The topological polar surface area (TPSA) is 0 Å². The predicted octanol–water partition coefficient (Wildman–Crippen LogP) is 4.76. The van der Waals surface area contributed by atoms with Gasteiger partial charge in [0.05, 0.1) is 0 Å². The molecule has 0 saturated carbocycles. The minimum atomic E-state index is -3.42. The number of allylic oxidation sites excluding steroid dienone is 1. The second-order valence-corrected chi connectivity index (χ2v) is 21.6. The Kier molecular flexibility index (Phi) is 3.15. The molecule has 0 aliphatic heterocycles. The molecule has 4 heteroatoms. The van der Waals surface area contributed by atoms with E-state index in [0.29, 0.717) is 0 Å². The standard InChI is InChI=1S/C10H9.3ClH.Zr/c1-8-6-9-4-2-3-5-10(9)7-8;;;;/h2-7H,1H3;3*1H;/q;;;;+3/p-3. The average molecular weight is 327 g/mol. The van der Waals surface area contributed by atoms with E-state index in [1.165, 1.54) is 16.7 Å². The molecule has 0 aromatic heterocycles. The van der Waals surface area contributed by atoms with Crippen LogP contribution in [0.1, 0.15) is 21.7 Å². The molecule has 1 aromatic rings. The number of halogens is 3. The summed E-state index contributed by atoms with van der Waals surface area (Å²) < 4.78 is 0.102. The number of fused-ring (bicyclic) bond motifs is 1. The van der Waals surface area contributed by atoms with Crippen molar-refractivity contribution in [1.82, 2.24) is 0 Å². The first-order chi connectivity index (χ1) is 6.50. The van der Waals surface area contributed by atoms with Crippen LogP contribution in [-0.2, 0) is 16.7 Å². The molecule has 0 nitrogen and oxygen atoms in total. The SMILES string of the molecule is CC1=Cc2ccccc2[CH]1[Zr]([Cl])([Cl])[Cl]. The van der Waals surface area contributed by atoms with Crippen molar-refractivity contribution in [2.24, 2.45) is 0 Å². The molecule has 0 bridgehead atoms. The summed E-state index contributed by atoms with van der Waals surface area (Å²) in [6, 6.07) is 8.15. The molecule has 0 amide bonds. The Morgan fingerprint density at radius 2 is 1.79 bits per heavy atom. The Labute approximate surface area is 98.9 Å². The number of hydrogen-bond donors (Lipinski definition) is 0. The summed E-state index contributed by atoms with van der Waals surface area (Å²) in [6.07, 6.45) is 2.12. The fraction of sp³-hybridized carbons (Fsp3) is 0.200. The molecule has 1 aliphatic rings. The van der Waals surface area contributed by atoms with E-state index in [1.54, 1.807) is 0 Å². The molecule has 0 N–H and O–H groups in total. The fourth-order valence-electron chi connectivity index (χ4n) is 1.91. The van der Waals surface area contributed by atoms with Gasteiger partial charge in [0.15, 0.2) is 0 Å². The average Bonchev–Trinajstić information content (AvgIpc) is 2.38. The molecule has 1 unspecified atom stereocenters. The summed E-state index contributed by atoms with van der Waals surface area (Å²) in [5, 5.41) is 0. The third-order valence-electron chi connectivity index (χ3n) is 2.47. The molecular weight excluding hydrogens is 318 g/mol. The molecule has 0 saturated heterocycles. The first-order valence-corrected chi connectivity index (χ1v) is 15.3. The summed E-state index contributed by atoms with van der Waals surface area (Å²) in [4.78, 5) is 0. The normalized spacial score (nSPS) is 20.6. The summed E-state index contributed by atoms with van der Waals surface area (Å²) in [5.41, 5.74) is 3.60. The van der Waals surface area contributed by atoms with Gasteiger partial charge in [0.2, 0.25) is 0 Å². The first-order valence-electron chi connectivity index (χ1n) is 4.34. The van der Waals surface area contributed by atoms with Crippen molar-refractivity contribution in [1.29, 1.82) is 0 Å². The van der Waals surface area contributed by atoms with Crippen LogP contribution >= 0.6 is 25.5 Å². The molecular formula is C10H9Cl3Zr. The monoisotopic (exact) mass is 324 g/mol. The quantitative estimate of drug-likeness (QED) is 0.698. The maximum absolute atomic E-state index is 6.16. The molecule has 0 spiro atoms. The van der Waals surface area contributed by atoms with E-state index in [1.807, 2.05) is 19.1 Å². The van der Waals surface area contributed by atoms with Gasteiger partial charge < -0.3 is 0 Å². The zero-order chi connectivity index (χ0) is 10.3. The number of rotatable bonds is 1. The number of benzene rings is 1. The molecule has 2 rings (SSSR count). The van der Waals surface area contributed by atoms with Gasteiger partial charge in [-0.05, 0) is 0 Å². The first kappa shape index (κ1) is 11.2. The Hall–Kier alpha value is 0.713.